The van der Waals surface area contributed by atoms with Crippen molar-refractivity contribution in [1.29, 1.82) is 0 Å². The molecule has 24 heteroatoms. The van der Waals surface area contributed by atoms with Gasteiger partial charge in [0.25, 0.3) is 0 Å². The van der Waals surface area contributed by atoms with Gasteiger partial charge in [-0.1, -0.05) is 54.5 Å². The number of rotatable bonds is 20. The number of likely N-dealkylation sites (tertiary alicyclic amines) is 1. The van der Waals surface area contributed by atoms with E-state index in [1.54, 1.807) is 56.3 Å². The second-order valence-electron chi connectivity index (χ2n) is 22.6. The van der Waals surface area contributed by atoms with Crippen molar-refractivity contribution in [2.24, 2.45) is 17.8 Å². The van der Waals surface area contributed by atoms with Gasteiger partial charge in [-0.25, -0.2) is 9.59 Å². The van der Waals surface area contributed by atoms with Gasteiger partial charge in [-0.05, 0) is 94.5 Å². The number of aliphatic hydroxyl groups is 1. The fourth-order valence-electron chi connectivity index (χ4n) is 11.4. The third-order valence-electron chi connectivity index (χ3n) is 16.8. The molecular formula is C60H77ClN6O16S. The molecule has 1 saturated carbocycles. The molecule has 22 nitrogen and oxygen atoms in total. The van der Waals surface area contributed by atoms with Crippen molar-refractivity contribution in [2.75, 3.05) is 58.6 Å². The summed E-state index contributed by atoms with van der Waals surface area (Å²) in [4.78, 5) is 133. The van der Waals surface area contributed by atoms with Gasteiger partial charge in [0.05, 0.1) is 30.6 Å². The van der Waals surface area contributed by atoms with Gasteiger partial charge in [-0.3, -0.25) is 48.6 Å². The topological polar surface area (TPSA) is 286 Å². The number of ether oxygens (including phenoxy) is 5. The SMILES string of the molecule is COc1cc2cc(c1Cl)N(C)C(=O)C[C@@H](OC(=O)[C@H](C)N(C)C(=O)CCSC1CC(=O)N(CCNC(=O)[C@H]3CC[C@H](CNC(=O)CCc4ccc(C=O)c(C=O)c4)CC3)C1=O)[C@]1(C)OC1[C@H](C)[C@@H]1C[C@@](O)(NC(=O)O1)C(OC)/C=C\C=C(/C)C2. The summed E-state index contributed by atoms with van der Waals surface area (Å²) in [6.07, 6.45) is 4.64. The Morgan fingerprint density at radius 3 is 2.42 bits per heavy atom. The largest absolute Gasteiger partial charge is 0.495 e. The summed E-state index contributed by atoms with van der Waals surface area (Å²) < 4.78 is 29.5. The van der Waals surface area contributed by atoms with Crippen molar-refractivity contribution in [3.8, 4) is 5.75 Å². The first kappa shape index (κ1) is 64.9. The van der Waals surface area contributed by atoms with Crippen LogP contribution < -0.4 is 25.6 Å². The Kier molecular flexibility index (Phi) is 22.0. The molecule has 4 bridgehead atoms. The highest BCUT2D eigenvalue weighted by atomic mass is 35.5. The van der Waals surface area contributed by atoms with E-state index in [1.807, 2.05) is 13.0 Å². The summed E-state index contributed by atoms with van der Waals surface area (Å²) in [6, 6.07) is 7.25. The van der Waals surface area contributed by atoms with Crippen LogP contribution in [0.3, 0.4) is 0 Å². The zero-order valence-corrected chi connectivity index (χ0v) is 50.3. The van der Waals surface area contributed by atoms with E-state index in [4.69, 9.17) is 35.3 Å². The number of likely N-dealkylation sites (N-methyl/N-ethyl adjacent to an activating group) is 1. The summed E-state index contributed by atoms with van der Waals surface area (Å²) >= 11 is 7.97. The average Bonchev–Trinajstić information content (AvgIpc) is 4.30. The Bertz CT molecular complexity index is 2920. The second-order valence-corrected chi connectivity index (χ2v) is 24.3. The molecule has 456 valence electrons. The quantitative estimate of drug-likeness (QED) is 0.0583. The smallest absolute Gasteiger partial charge is 0.409 e. The molecule has 4 N–H and O–H groups in total. The van der Waals surface area contributed by atoms with Crippen LogP contribution in [0, 0.1) is 17.8 Å². The van der Waals surface area contributed by atoms with E-state index in [2.05, 4.69) is 16.0 Å². The highest BCUT2D eigenvalue weighted by Crippen LogP contribution is 2.49. The first-order valence-electron chi connectivity index (χ1n) is 28.3. The van der Waals surface area contributed by atoms with E-state index < -0.39 is 95.1 Å². The van der Waals surface area contributed by atoms with E-state index in [1.165, 1.54) is 45.0 Å². The zero-order valence-electron chi connectivity index (χ0n) is 48.8. The first-order valence-corrected chi connectivity index (χ1v) is 29.7. The molecule has 3 unspecified atom stereocenters. The Morgan fingerprint density at radius 1 is 1.00 bits per heavy atom. The number of hydrogen-bond acceptors (Lipinski definition) is 17. The minimum atomic E-state index is -1.90. The Hall–Kier alpha value is -6.66. The third kappa shape index (κ3) is 15.6. The van der Waals surface area contributed by atoms with E-state index in [9.17, 15) is 53.1 Å². The lowest BCUT2D eigenvalue weighted by atomic mass is 9.81. The number of alkyl carbamates (subject to hydrolysis) is 1. The monoisotopic (exact) mass is 1200 g/mol. The predicted molar refractivity (Wildman–Crippen MR) is 310 cm³/mol. The molecule has 4 aliphatic heterocycles. The molecule has 0 aromatic heterocycles. The Balaban J connectivity index is 0.895. The van der Waals surface area contributed by atoms with Crippen molar-refractivity contribution >= 4 is 89.1 Å². The van der Waals surface area contributed by atoms with Gasteiger partial charge in [-0.15, -0.1) is 11.8 Å². The van der Waals surface area contributed by atoms with Crippen LogP contribution in [-0.2, 0) is 65.4 Å². The lowest BCUT2D eigenvalue weighted by Crippen LogP contribution is -2.63. The highest BCUT2D eigenvalue weighted by molar-refractivity contribution is 8.00. The number of hydrogen-bond donors (Lipinski definition) is 4. The van der Waals surface area contributed by atoms with Gasteiger partial charge in [0.2, 0.25) is 35.4 Å². The molecule has 9 atom stereocenters. The number of allylic oxidation sites excluding steroid dienone is 3. The molecule has 5 aliphatic rings. The number of aryl methyl sites for hydroxylation is 1. The summed E-state index contributed by atoms with van der Waals surface area (Å²) in [5, 5.41) is 19.6. The van der Waals surface area contributed by atoms with Crippen LogP contribution in [0.25, 0.3) is 0 Å². The number of methoxy groups -OCH3 is 2. The lowest BCUT2D eigenvalue weighted by Gasteiger charge is -2.42. The van der Waals surface area contributed by atoms with E-state index in [0.29, 0.717) is 61.8 Å². The van der Waals surface area contributed by atoms with Crippen LogP contribution in [0.15, 0.2) is 54.1 Å². The molecule has 2 aromatic rings. The number of anilines is 1. The van der Waals surface area contributed by atoms with E-state index >= 15 is 0 Å². The molecule has 7 amide bonds. The summed E-state index contributed by atoms with van der Waals surface area (Å²) in [7, 11) is 5.84. The number of halogens is 1. The first-order chi connectivity index (χ1) is 39.9. The molecule has 4 fully saturated rings. The van der Waals surface area contributed by atoms with Crippen LogP contribution in [-0.4, -0.2) is 176 Å². The molecule has 0 spiro atoms. The number of amides is 7. The van der Waals surface area contributed by atoms with Crippen LogP contribution in [0.4, 0.5) is 10.5 Å². The van der Waals surface area contributed by atoms with E-state index in [0.717, 1.165) is 46.2 Å². The minimum Gasteiger partial charge on any atom is -0.495 e. The fourth-order valence-corrected chi connectivity index (χ4v) is 12.8. The second kappa shape index (κ2) is 28.5. The van der Waals surface area contributed by atoms with Crippen LogP contribution in [0.5, 0.6) is 5.75 Å². The molecular weight excluding hydrogens is 1130 g/mol. The zero-order chi connectivity index (χ0) is 61.2. The van der Waals surface area contributed by atoms with Crippen molar-refractivity contribution in [1.82, 2.24) is 25.8 Å². The van der Waals surface area contributed by atoms with Gasteiger partial charge in [0.15, 0.2) is 18.3 Å². The average molecular weight is 1210 g/mol. The van der Waals surface area contributed by atoms with Gasteiger partial charge < -0.3 is 49.2 Å². The minimum absolute atomic E-state index is 0.0117. The molecule has 3 saturated heterocycles. The number of imide groups is 1. The number of thioether (sulfide) groups is 1. The van der Waals surface area contributed by atoms with Gasteiger partial charge >= 0.3 is 12.1 Å². The fraction of sp³-hybridized carbons (Fsp3) is 0.567. The summed E-state index contributed by atoms with van der Waals surface area (Å²) in [6.45, 7) is 7.34. The standard InChI is InChI=1S/C60H77ClN6O16S/c1-34-10-9-11-47(80-8)60(78)30-45(81-58(77)64-60)35(2)54-59(4,83-54)48(29-51(72)66(6)43-26-39(24-34)27-44(79-7)53(43)61)82-57(76)36(3)65(5)50(71)20-23-84-46-28-52(73)67(56(46)75)22-21-62-55(74)40-16-13-38(14-17-40)31-63-49(70)19-15-37-12-18-41(32-68)42(25-37)33-69/h9-12,18,25-27,32-33,35-36,38,40,45-48,54,78H,13-17,19-24,28-31H2,1-8H3,(H,62,74)(H,63,70)(H,64,77)/b11-9-,34-10+/t35-,36+,38-,40-,45+,46?,47?,48-,54?,59+,60+/m1/s1. The Labute approximate surface area is 498 Å². The summed E-state index contributed by atoms with van der Waals surface area (Å²) in [5.41, 5.74) is 0.110. The van der Waals surface area contributed by atoms with Crippen molar-refractivity contribution in [3.05, 3.63) is 81.4 Å². The number of nitrogens with zero attached hydrogens (tertiary/aromatic N) is 3. The number of carbonyl (C=O) groups excluding carboxylic acids is 10. The Morgan fingerprint density at radius 2 is 1.73 bits per heavy atom. The third-order valence-corrected chi connectivity index (χ3v) is 18.4. The number of carbonyl (C=O) groups is 10. The van der Waals surface area contributed by atoms with Gasteiger partial charge in [0, 0.05) is 95.2 Å². The summed E-state index contributed by atoms with van der Waals surface area (Å²) in [5.74, 6) is -3.12. The van der Waals surface area contributed by atoms with E-state index in [-0.39, 0.29) is 78.8 Å². The lowest BCUT2D eigenvalue weighted by molar-refractivity contribution is -0.162. The maximum Gasteiger partial charge on any atom is 0.409 e. The van der Waals surface area contributed by atoms with Crippen molar-refractivity contribution in [2.45, 2.75) is 145 Å². The molecule has 0 radical (unpaired) electrons. The number of esters is 1. The normalized spacial score (nSPS) is 28.5. The molecule has 1 aliphatic carbocycles. The number of aldehydes is 2. The molecule has 2 aromatic carbocycles. The van der Waals surface area contributed by atoms with Gasteiger partial charge in [0.1, 0.15) is 40.7 Å². The molecule has 7 rings (SSSR count). The predicted octanol–water partition coefficient (Wildman–Crippen LogP) is 5.06. The maximum atomic E-state index is 14.4. The molecule has 4 heterocycles. The van der Waals surface area contributed by atoms with Crippen molar-refractivity contribution < 1.29 is 76.7 Å². The van der Waals surface area contributed by atoms with Gasteiger partial charge in [-0.2, -0.15) is 0 Å². The maximum absolute atomic E-state index is 14.4. The molecule has 84 heavy (non-hydrogen) atoms. The number of fused-ring (bicyclic) bond motifs is 5. The van der Waals surface area contributed by atoms with Crippen molar-refractivity contribution in [3.63, 3.8) is 0 Å². The number of benzene rings is 2. The van der Waals surface area contributed by atoms with Crippen LogP contribution in [0.1, 0.15) is 117 Å². The highest BCUT2D eigenvalue weighted by Gasteiger charge is 2.64. The number of nitrogens with one attached hydrogen (secondary N) is 3. The van der Waals surface area contributed by atoms with Crippen LogP contribution >= 0.6 is 23.4 Å². The number of epoxide rings is 1. The van der Waals surface area contributed by atoms with Crippen LogP contribution in [0.2, 0.25) is 5.02 Å².